The Morgan fingerprint density at radius 1 is 1.11 bits per heavy atom. The second-order valence-electron chi connectivity index (χ2n) is 6.83. The molecule has 27 heavy (non-hydrogen) atoms. The third-order valence-electron chi connectivity index (χ3n) is 4.97. The number of nitro benzene ring substituents is 1. The molecule has 138 valence electrons. The Morgan fingerprint density at radius 3 is 2.63 bits per heavy atom. The molecule has 0 atom stereocenters. The highest BCUT2D eigenvalue weighted by atomic mass is 16.6. The minimum absolute atomic E-state index is 0.0620. The molecule has 0 radical (unpaired) electrons. The zero-order valence-electron chi connectivity index (χ0n) is 14.9. The zero-order chi connectivity index (χ0) is 18.6. The summed E-state index contributed by atoms with van der Waals surface area (Å²) >= 11 is 0. The van der Waals surface area contributed by atoms with Gasteiger partial charge in [0.15, 0.2) is 0 Å². The monoisotopic (exact) mass is 363 g/mol. The number of hydrogen-bond acceptors (Lipinski definition) is 6. The van der Waals surface area contributed by atoms with E-state index in [0.29, 0.717) is 35.0 Å². The molecule has 0 bridgehead atoms. The van der Waals surface area contributed by atoms with Gasteiger partial charge >= 0.3 is 0 Å². The molecule has 0 unspecified atom stereocenters. The number of fused-ring (bicyclic) bond motifs is 1. The van der Waals surface area contributed by atoms with Crippen molar-refractivity contribution in [2.75, 3.05) is 10.6 Å². The van der Waals surface area contributed by atoms with E-state index < -0.39 is 0 Å². The van der Waals surface area contributed by atoms with Crippen LogP contribution in [-0.4, -0.2) is 20.9 Å². The molecular weight excluding hydrogens is 342 g/mol. The minimum atomic E-state index is -0.343. The summed E-state index contributed by atoms with van der Waals surface area (Å²) in [6, 6.07) is 13.6. The Labute approximate surface area is 157 Å². The van der Waals surface area contributed by atoms with Gasteiger partial charge in [-0.2, -0.15) is 0 Å². The maximum absolute atomic E-state index is 11.6. The van der Waals surface area contributed by atoms with Crippen LogP contribution < -0.4 is 10.6 Å². The van der Waals surface area contributed by atoms with Crippen molar-refractivity contribution in [1.82, 2.24) is 9.97 Å². The van der Waals surface area contributed by atoms with E-state index in [9.17, 15) is 10.1 Å². The Morgan fingerprint density at radius 2 is 1.89 bits per heavy atom. The van der Waals surface area contributed by atoms with Crippen molar-refractivity contribution in [2.45, 2.75) is 38.3 Å². The molecule has 0 saturated heterocycles. The normalized spacial score (nSPS) is 14.4. The van der Waals surface area contributed by atoms with Crippen LogP contribution in [0.2, 0.25) is 0 Å². The van der Waals surface area contributed by atoms with Crippen LogP contribution in [0.25, 0.3) is 10.9 Å². The highest BCUT2D eigenvalue weighted by Gasteiger charge is 2.22. The van der Waals surface area contributed by atoms with Gasteiger partial charge in [-0.3, -0.25) is 10.1 Å². The third kappa shape index (κ3) is 3.81. The van der Waals surface area contributed by atoms with Gasteiger partial charge in [-0.05, 0) is 24.5 Å². The maximum atomic E-state index is 11.6. The predicted octanol–water partition coefficient (Wildman–Crippen LogP) is 4.50. The molecule has 1 aliphatic carbocycles. The first kappa shape index (κ1) is 17.2. The summed E-state index contributed by atoms with van der Waals surface area (Å²) in [4.78, 5) is 19.9. The molecule has 1 saturated carbocycles. The third-order valence-corrected chi connectivity index (χ3v) is 4.97. The lowest BCUT2D eigenvalue weighted by atomic mass is 10.1. The van der Waals surface area contributed by atoms with Crippen LogP contribution in [0.1, 0.15) is 31.2 Å². The fraction of sp³-hybridized carbons (Fsp3) is 0.300. The Hall–Kier alpha value is -3.22. The van der Waals surface area contributed by atoms with E-state index in [1.807, 2.05) is 30.3 Å². The number of nitrogens with zero attached hydrogens (tertiary/aromatic N) is 3. The summed E-state index contributed by atoms with van der Waals surface area (Å²) in [7, 11) is 0. The molecule has 4 rings (SSSR count). The quantitative estimate of drug-likeness (QED) is 0.494. The van der Waals surface area contributed by atoms with E-state index in [2.05, 4.69) is 20.6 Å². The highest BCUT2D eigenvalue weighted by Crippen LogP contribution is 2.34. The zero-order valence-corrected chi connectivity index (χ0v) is 14.9. The van der Waals surface area contributed by atoms with Crippen LogP contribution in [0.15, 0.2) is 48.8 Å². The summed E-state index contributed by atoms with van der Waals surface area (Å²) in [5, 5.41) is 18.9. The highest BCUT2D eigenvalue weighted by molar-refractivity contribution is 5.94. The summed E-state index contributed by atoms with van der Waals surface area (Å²) in [5.74, 6) is 0.597. The van der Waals surface area contributed by atoms with Gasteiger partial charge in [0, 0.05) is 24.0 Å². The minimum Gasteiger partial charge on any atom is -0.377 e. The first-order chi connectivity index (χ1) is 13.2. The van der Waals surface area contributed by atoms with Gasteiger partial charge in [0.1, 0.15) is 17.8 Å². The average molecular weight is 363 g/mol. The number of nitro groups is 1. The molecule has 1 heterocycles. The van der Waals surface area contributed by atoms with Crippen LogP contribution in [0.4, 0.5) is 17.2 Å². The maximum Gasteiger partial charge on any atom is 0.293 e. The molecular formula is C20H21N5O2. The summed E-state index contributed by atoms with van der Waals surface area (Å²) in [6.07, 6.45) is 5.90. The largest absolute Gasteiger partial charge is 0.377 e. The van der Waals surface area contributed by atoms with Crippen molar-refractivity contribution >= 4 is 28.1 Å². The van der Waals surface area contributed by atoms with Gasteiger partial charge in [0.25, 0.3) is 5.69 Å². The van der Waals surface area contributed by atoms with Crippen molar-refractivity contribution in [1.29, 1.82) is 0 Å². The van der Waals surface area contributed by atoms with Crippen LogP contribution in [-0.2, 0) is 6.54 Å². The number of rotatable bonds is 6. The summed E-state index contributed by atoms with van der Waals surface area (Å²) < 4.78 is 0. The molecule has 0 spiro atoms. The topological polar surface area (TPSA) is 93.0 Å². The van der Waals surface area contributed by atoms with E-state index >= 15 is 0 Å². The number of benzene rings is 2. The molecule has 7 nitrogen and oxygen atoms in total. The fourth-order valence-electron chi connectivity index (χ4n) is 3.57. The lowest BCUT2D eigenvalue weighted by Crippen LogP contribution is -2.15. The van der Waals surface area contributed by atoms with Crippen molar-refractivity contribution in [2.24, 2.45) is 0 Å². The number of hydrogen-bond donors (Lipinski definition) is 2. The Balaban J connectivity index is 1.67. The van der Waals surface area contributed by atoms with Gasteiger partial charge in [0.2, 0.25) is 0 Å². The van der Waals surface area contributed by atoms with Gasteiger partial charge in [0.05, 0.1) is 10.4 Å². The first-order valence-electron chi connectivity index (χ1n) is 9.18. The molecule has 1 aliphatic rings. The SMILES string of the molecule is O=[N+]([O-])c1cc2c(NCc3ccccc3)ncnc2cc1NC1CCCC1. The molecule has 2 aromatic carbocycles. The van der Waals surface area contributed by atoms with Crippen molar-refractivity contribution in [3.8, 4) is 0 Å². The second kappa shape index (κ2) is 7.57. The van der Waals surface area contributed by atoms with Gasteiger partial charge in [-0.1, -0.05) is 43.2 Å². The molecule has 0 aliphatic heterocycles. The number of anilines is 2. The lowest BCUT2D eigenvalue weighted by molar-refractivity contribution is -0.383. The van der Waals surface area contributed by atoms with Crippen molar-refractivity contribution in [3.05, 3.63) is 64.5 Å². The van der Waals surface area contributed by atoms with E-state index in [4.69, 9.17) is 0 Å². The van der Waals surface area contributed by atoms with Crippen LogP contribution in [0, 0.1) is 10.1 Å². The van der Waals surface area contributed by atoms with E-state index in [0.717, 1.165) is 31.2 Å². The van der Waals surface area contributed by atoms with Crippen LogP contribution in [0.3, 0.4) is 0 Å². The first-order valence-corrected chi connectivity index (χ1v) is 9.18. The molecule has 7 heteroatoms. The molecule has 0 amide bonds. The number of aromatic nitrogens is 2. The smallest absolute Gasteiger partial charge is 0.293 e. The summed E-state index contributed by atoms with van der Waals surface area (Å²) in [6.45, 7) is 0.586. The molecule has 3 aromatic rings. The Bertz CT molecular complexity index is 955. The summed E-state index contributed by atoms with van der Waals surface area (Å²) in [5.41, 5.74) is 2.39. The van der Waals surface area contributed by atoms with Gasteiger partial charge in [-0.25, -0.2) is 9.97 Å². The number of nitrogens with one attached hydrogen (secondary N) is 2. The molecule has 1 fully saturated rings. The molecule has 1 aromatic heterocycles. The average Bonchev–Trinajstić information content (AvgIpc) is 3.19. The van der Waals surface area contributed by atoms with Crippen LogP contribution >= 0.6 is 0 Å². The fourth-order valence-corrected chi connectivity index (χ4v) is 3.57. The van der Waals surface area contributed by atoms with Crippen molar-refractivity contribution < 1.29 is 4.92 Å². The van der Waals surface area contributed by atoms with E-state index in [1.165, 1.54) is 6.33 Å². The van der Waals surface area contributed by atoms with E-state index in [-0.39, 0.29) is 10.6 Å². The second-order valence-corrected chi connectivity index (χ2v) is 6.83. The lowest BCUT2D eigenvalue weighted by Gasteiger charge is -2.15. The van der Waals surface area contributed by atoms with Crippen LogP contribution in [0.5, 0.6) is 0 Å². The Kier molecular flexibility index (Phi) is 4.82. The molecule has 2 N–H and O–H groups in total. The van der Waals surface area contributed by atoms with Gasteiger partial charge in [-0.15, -0.1) is 0 Å². The van der Waals surface area contributed by atoms with Crippen molar-refractivity contribution in [3.63, 3.8) is 0 Å². The van der Waals surface area contributed by atoms with Gasteiger partial charge < -0.3 is 10.6 Å². The predicted molar refractivity (Wildman–Crippen MR) is 106 cm³/mol. The standard InChI is InChI=1S/C20H21N5O2/c26-25(27)19-10-16-17(11-18(19)24-15-8-4-5-9-15)22-13-23-20(16)21-12-14-6-2-1-3-7-14/h1-3,6-7,10-11,13,15,24H,4-5,8-9,12H2,(H,21,22,23). The van der Waals surface area contributed by atoms with E-state index in [1.54, 1.807) is 12.1 Å².